The number of carboxylic acid groups (broad SMARTS) is 1. The molecular weight excluding hydrogens is 745 g/mol. The van der Waals surface area contributed by atoms with Gasteiger partial charge in [0.05, 0.1) is 17.3 Å². The van der Waals surface area contributed by atoms with Gasteiger partial charge in [0, 0.05) is 68.3 Å². The molecule has 3 amide bonds. The van der Waals surface area contributed by atoms with E-state index >= 15 is 0 Å². The monoisotopic (exact) mass is 786 g/mol. The highest BCUT2D eigenvalue weighted by Crippen LogP contribution is 2.18. The smallest absolute Gasteiger partial charge is 0.328 e. The van der Waals surface area contributed by atoms with Gasteiger partial charge in [-0.2, -0.15) is 13.5 Å². The quantitative estimate of drug-likeness (QED) is 0.0393. The molecule has 2 aromatic carbocycles. The molecule has 56 heavy (non-hydrogen) atoms. The van der Waals surface area contributed by atoms with Gasteiger partial charge in [-0.05, 0) is 67.3 Å². The van der Waals surface area contributed by atoms with Gasteiger partial charge in [0.2, 0.25) is 5.91 Å². The average molecular weight is 787 g/mol. The zero-order valence-electron chi connectivity index (χ0n) is 30.1. The molecule has 0 saturated carbocycles. The molecule has 5 aromatic rings. The van der Waals surface area contributed by atoms with Crippen LogP contribution in [0.15, 0.2) is 90.5 Å². The average Bonchev–Trinajstić information content (AvgIpc) is 3.86. The third kappa shape index (κ3) is 12.0. The summed E-state index contributed by atoms with van der Waals surface area (Å²) in [5.74, 6) is -1.48. The number of amides is 3. The van der Waals surface area contributed by atoms with Gasteiger partial charge in [0.1, 0.15) is 16.8 Å². The van der Waals surface area contributed by atoms with E-state index in [-0.39, 0.29) is 29.3 Å². The van der Waals surface area contributed by atoms with Crippen molar-refractivity contribution in [3.63, 3.8) is 0 Å². The lowest BCUT2D eigenvalue weighted by Crippen LogP contribution is -2.48. The van der Waals surface area contributed by atoms with E-state index in [1.165, 1.54) is 36.7 Å². The predicted molar refractivity (Wildman–Crippen MR) is 207 cm³/mol. The van der Waals surface area contributed by atoms with Gasteiger partial charge in [-0.15, -0.1) is 0 Å². The molecule has 0 fully saturated rings. The van der Waals surface area contributed by atoms with Crippen molar-refractivity contribution in [1.82, 2.24) is 40.7 Å². The van der Waals surface area contributed by atoms with Crippen molar-refractivity contribution >= 4 is 62.6 Å². The zero-order chi connectivity index (χ0) is 39.9. The van der Waals surface area contributed by atoms with Crippen LogP contribution in [0.25, 0.3) is 17.0 Å². The lowest BCUT2D eigenvalue weighted by molar-refractivity contribution is -0.141. The summed E-state index contributed by atoms with van der Waals surface area (Å²) in [6, 6.07) is 12.9. The van der Waals surface area contributed by atoms with Gasteiger partial charge in [-0.1, -0.05) is 24.6 Å². The molecule has 19 heteroatoms. The maximum Gasteiger partial charge on any atom is 0.328 e. The number of carboxylic acids is 1. The Morgan fingerprint density at radius 1 is 0.893 bits per heavy atom. The minimum Gasteiger partial charge on any atom is -0.480 e. The summed E-state index contributed by atoms with van der Waals surface area (Å²) >= 11 is 0. The molecule has 0 saturated heterocycles. The summed E-state index contributed by atoms with van der Waals surface area (Å²) in [6.45, 7) is 1.38. The lowest BCUT2D eigenvalue weighted by Gasteiger charge is -2.15. The summed E-state index contributed by atoms with van der Waals surface area (Å²) in [7, 11) is -4.38. The molecule has 0 radical (unpaired) electrons. The Labute approximate surface area is 322 Å². The van der Waals surface area contributed by atoms with Crippen LogP contribution < -0.4 is 26.6 Å². The number of unbranched alkanes of at least 4 members (excludes halogenated alkanes) is 2. The van der Waals surface area contributed by atoms with E-state index in [9.17, 15) is 37.3 Å². The normalized spacial score (nSPS) is 11.9. The van der Waals surface area contributed by atoms with Crippen molar-refractivity contribution in [3.8, 4) is 0 Å². The Morgan fingerprint density at radius 2 is 1.70 bits per heavy atom. The minimum absolute atomic E-state index is 0.0689. The van der Waals surface area contributed by atoms with Gasteiger partial charge in [0.15, 0.2) is 5.95 Å². The van der Waals surface area contributed by atoms with Crippen LogP contribution in [0.1, 0.15) is 58.4 Å². The first-order valence-corrected chi connectivity index (χ1v) is 19.1. The number of aliphatic carboxylic acids is 1. The van der Waals surface area contributed by atoms with Gasteiger partial charge in [-0.3, -0.25) is 23.6 Å². The second-order valence-corrected chi connectivity index (χ2v) is 13.9. The van der Waals surface area contributed by atoms with Crippen molar-refractivity contribution < 1.29 is 37.3 Å². The maximum atomic E-state index is 12.9. The topological polar surface area (TPSA) is 262 Å². The number of imidazole rings is 1. The minimum atomic E-state index is -4.38. The first-order valence-electron chi connectivity index (χ1n) is 17.7. The molecule has 18 nitrogen and oxygen atoms in total. The number of anilines is 2. The third-order valence-electron chi connectivity index (χ3n) is 8.42. The number of pyridine rings is 1. The highest BCUT2D eigenvalue weighted by molar-refractivity contribution is 7.85. The molecule has 8 N–H and O–H groups in total. The van der Waals surface area contributed by atoms with E-state index in [0.29, 0.717) is 61.8 Å². The van der Waals surface area contributed by atoms with Gasteiger partial charge in [0.25, 0.3) is 21.9 Å². The molecule has 0 aliphatic heterocycles. The molecular formula is C37H42N10O8S. The van der Waals surface area contributed by atoms with Crippen LogP contribution in [0.3, 0.4) is 0 Å². The molecule has 294 valence electrons. The maximum absolute atomic E-state index is 12.9. The number of rotatable bonds is 21. The number of nitrogens with one attached hydrogen (secondary N) is 6. The van der Waals surface area contributed by atoms with Gasteiger partial charge >= 0.3 is 5.97 Å². The fraction of sp³-hybridized carbons (Fsp3) is 0.270. The Bertz CT molecular complexity index is 2260. The number of hydrogen-bond donors (Lipinski definition) is 8. The highest BCUT2D eigenvalue weighted by atomic mass is 32.2. The number of aromatic nitrogens is 5. The van der Waals surface area contributed by atoms with E-state index in [0.717, 1.165) is 17.3 Å². The van der Waals surface area contributed by atoms with Crippen LogP contribution in [-0.2, 0) is 26.3 Å². The van der Waals surface area contributed by atoms with Crippen molar-refractivity contribution in [2.45, 2.75) is 49.6 Å². The van der Waals surface area contributed by atoms with Crippen LogP contribution in [0, 0.1) is 0 Å². The van der Waals surface area contributed by atoms with Crippen LogP contribution in [0.5, 0.6) is 0 Å². The fourth-order valence-electron chi connectivity index (χ4n) is 5.54. The van der Waals surface area contributed by atoms with Crippen LogP contribution in [0.2, 0.25) is 0 Å². The number of fused-ring (bicyclic) bond motifs is 1. The van der Waals surface area contributed by atoms with Crippen molar-refractivity contribution in [3.05, 3.63) is 102 Å². The molecule has 1 atom stereocenters. The van der Waals surface area contributed by atoms with E-state index in [1.807, 2.05) is 4.68 Å². The highest BCUT2D eigenvalue weighted by Gasteiger charge is 2.21. The molecule has 0 aliphatic rings. The summed E-state index contributed by atoms with van der Waals surface area (Å²) in [5, 5.41) is 28.7. The molecule has 0 bridgehead atoms. The summed E-state index contributed by atoms with van der Waals surface area (Å²) < 4.78 is 34.3. The number of aryl methyl sites for hydroxylation is 1. The van der Waals surface area contributed by atoms with E-state index in [1.54, 1.807) is 55.0 Å². The van der Waals surface area contributed by atoms with E-state index in [2.05, 4.69) is 46.6 Å². The number of nitrogens with zero attached hydrogens (tertiary/aromatic N) is 4. The first-order chi connectivity index (χ1) is 27.0. The number of aromatic amines is 1. The van der Waals surface area contributed by atoms with Crippen LogP contribution in [-0.4, -0.2) is 92.2 Å². The predicted octanol–water partition coefficient (Wildman–Crippen LogP) is 3.28. The van der Waals surface area contributed by atoms with Gasteiger partial charge < -0.3 is 36.7 Å². The van der Waals surface area contributed by atoms with Crippen molar-refractivity contribution in [2.24, 2.45) is 0 Å². The molecule has 0 aliphatic carbocycles. The number of carbonyl (C=O) groups is 4. The molecule has 0 unspecified atom stereocenters. The molecule has 0 spiro atoms. The van der Waals surface area contributed by atoms with Gasteiger partial charge in [-0.25, -0.2) is 14.8 Å². The number of carbonyl (C=O) groups excluding carboxylic acids is 3. The summed E-state index contributed by atoms with van der Waals surface area (Å²) in [5.41, 5.74) is 1.79. The first kappa shape index (κ1) is 40.6. The van der Waals surface area contributed by atoms with E-state index < -0.39 is 33.9 Å². The SMILES string of the molecule is O=C(CCCCCNC(=O)c1ccc(N/C=C/c2ccccc2S(=O)(=O)O)nc1)N[C@@H](CNC(=O)c1ccc2c(cnn2CCCNc2ncc[nH]2)c1)C(=O)O. The van der Waals surface area contributed by atoms with Crippen molar-refractivity contribution in [1.29, 1.82) is 0 Å². The Hall–Kier alpha value is -6.60. The standard InChI is InChI=1S/C37H42N10O8S/c48-33(9-2-1-5-15-39-35(50)27-11-13-32(43-22-27)38-17-14-25-7-3-4-8-31(25)56(53,54)55)46-29(36(51)52)24-44-34(49)26-10-12-30-28(21-26)23-45-47(30)20-6-16-40-37-41-18-19-42-37/h3-4,7-8,10-14,17-19,21-23,29H,1-2,5-6,9,15-16,20,24H2,(H,38,43)(H,39,50)(H,44,49)(H,46,48)(H,51,52)(H2,40,41,42)(H,53,54,55)/b17-14+/t29-/m0/s1. The Morgan fingerprint density at radius 3 is 2.45 bits per heavy atom. The number of H-pyrrole nitrogens is 1. The number of hydrogen-bond acceptors (Lipinski definition) is 11. The zero-order valence-corrected chi connectivity index (χ0v) is 31.0. The second kappa shape index (κ2) is 19.6. The van der Waals surface area contributed by atoms with Crippen LogP contribution >= 0.6 is 0 Å². The molecule has 3 heterocycles. The number of benzene rings is 2. The largest absolute Gasteiger partial charge is 0.480 e. The molecule has 3 aromatic heterocycles. The summed E-state index contributed by atoms with van der Waals surface area (Å²) in [6.07, 6.45) is 11.9. The second-order valence-electron chi connectivity index (χ2n) is 12.5. The third-order valence-corrected chi connectivity index (χ3v) is 9.35. The van der Waals surface area contributed by atoms with Crippen molar-refractivity contribution in [2.75, 3.05) is 30.3 Å². The summed E-state index contributed by atoms with van der Waals surface area (Å²) in [4.78, 5) is 60.7. The Balaban J connectivity index is 0.963. The van der Waals surface area contributed by atoms with Crippen LogP contribution in [0.4, 0.5) is 11.8 Å². The lowest BCUT2D eigenvalue weighted by atomic mass is 10.1. The Kier molecular flexibility index (Phi) is 14.2. The molecule has 5 rings (SSSR count). The van der Waals surface area contributed by atoms with E-state index in [4.69, 9.17) is 0 Å². The fourth-order valence-corrected chi connectivity index (χ4v) is 6.23.